The van der Waals surface area contributed by atoms with Crippen molar-refractivity contribution in [1.29, 1.82) is 0 Å². The molecule has 0 aliphatic heterocycles. The monoisotopic (exact) mass is 191 g/mol. The molecule has 1 aromatic rings. The fourth-order valence-corrected chi connectivity index (χ4v) is 2.37. The highest BCUT2D eigenvalue weighted by Crippen LogP contribution is 2.36. The number of nitrogens with two attached hydrogens (primary N) is 2. The van der Waals surface area contributed by atoms with Crippen LogP contribution >= 0.6 is 0 Å². The smallest absolute Gasteiger partial charge is 0.128 e. The minimum absolute atomic E-state index is 0.505. The van der Waals surface area contributed by atoms with Crippen molar-refractivity contribution in [1.82, 2.24) is 4.98 Å². The number of pyridine rings is 1. The molecule has 4 N–H and O–H groups in total. The highest BCUT2D eigenvalue weighted by Gasteiger charge is 2.20. The first-order chi connectivity index (χ1) is 6.83. The van der Waals surface area contributed by atoms with E-state index in [9.17, 15) is 0 Å². The van der Waals surface area contributed by atoms with Gasteiger partial charge in [-0.3, -0.25) is 0 Å². The second-order valence-corrected chi connectivity index (χ2v) is 3.95. The first-order valence-corrected chi connectivity index (χ1v) is 5.26. The van der Waals surface area contributed by atoms with Crippen LogP contribution in [0.5, 0.6) is 0 Å². The lowest BCUT2D eigenvalue weighted by molar-refractivity contribution is 0.710. The zero-order valence-electron chi connectivity index (χ0n) is 8.37. The molecule has 1 saturated carbocycles. The Labute approximate surface area is 84.5 Å². The van der Waals surface area contributed by atoms with E-state index >= 15 is 0 Å². The van der Waals surface area contributed by atoms with Gasteiger partial charge in [0.2, 0.25) is 0 Å². The number of nitrogens with zero attached hydrogens (tertiary/aromatic N) is 1. The Hall–Kier alpha value is -1.09. The predicted molar refractivity (Wildman–Crippen MR) is 57.7 cm³/mol. The van der Waals surface area contributed by atoms with E-state index in [4.69, 9.17) is 11.5 Å². The second kappa shape index (κ2) is 3.96. The Morgan fingerprint density at radius 3 is 2.71 bits per heavy atom. The van der Waals surface area contributed by atoms with Crippen LogP contribution in [0.15, 0.2) is 12.3 Å². The van der Waals surface area contributed by atoms with Crippen molar-refractivity contribution >= 4 is 5.82 Å². The number of nitrogen functional groups attached to an aromatic ring is 1. The van der Waals surface area contributed by atoms with Crippen molar-refractivity contribution < 1.29 is 0 Å². The number of rotatable bonds is 2. The summed E-state index contributed by atoms with van der Waals surface area (Å²) >= 11 is 0. The van der Waals surface area contributed by atoms with E-state index in [2.05, 4.69) is 11.1 Å². The van der Waals surface area contributed by atoms with Crippen molar-refractivity contribution in [3.63, 3.8) is 0 Å². The Balaban J connectivity index is 2.35. The average molecular weight is 191 g/mol. The van der Waals surface area contributed by atoms with Gasteiger partial charge < -0.3 is 11.5 Å². The van der Waals surface area contributed by atoms with Crippen LogP contribution in [0.4, 0.5) is 5.82 Å². The highest BCUT2D eigenvalue weighted by atomic mass is 14.8. The largest absolute Gasteiger partial charge is 0.383 e. The van der Waals surface area contributed by atoms with E-state index in [1.54, 1.807) is 6.20 Å². The maximum absolute atomic E-state index is 5.81. The Bertz CT molecular complexity index is 316. The van der Waals surface area contributed by atoms with Crippen LogP contribution in [-0.2, 0) is 6.54 Å². The SMILES string of the molecule is NCc1c(C2CCCC2)ccnc1N. The van der Waals surface area contributed by atoms with Crippen molar-refractivity contribution in [2.75, 3.05) is 5.73 Å². The molecule has 1 aliphatic carbocycles. The van der Waals surface area contributed by atoms with Gasteiger partial charge in [0.1, 0.15) is 5.82 Å². The minimum atomic E-state index is 0.505. The maximum Gasteiger partial charge on any atom is 0.128 e. The van der Waals surface area contributed by atoms with Crippen molar-refractivity contribution in [2.24, 2.45) is 5.73 Å². The van der Waals surface area contributed by atoms with Crippen molar-refractivity contribution in [3.8, 4) is 0 Å². The van der Waals surface area contributed by atoms with Gasteiger partial charge in [-0.1, -0.05) is 12.8 Å². The van der Waals surface area contributed by atoms with Gasteiger partial charge in [0.05, 0.1) is 0 Å². The van der Waals surface area contributed by atoms with Crippen LogP contribution in [0.25, 0.3) is 0 Å². The molecule has 0 amide bonds. The average Bonchev–Trinajstić information content (AvgIpc) is 2.70. The van der Waals surface area contributed by atoms with Crippen LogP contribution in [0, 0.1) is 0 Å². The first kappa shape index (κ1) is 9.46. The van der Waals surface area contributed by atoms with Gasteiger partial charge in [0, 0.05) is 18.3 Å². The summed E-state index contributed by atoms with van der Waals surface area (Å²) in [7, 11) is 0. The fraction of sp³-hybridized carbons (Fsp3) is 0.545. The summed E-state index contributed by atoms with van der Waals surface area (Å²) < 4.78 is 0. The van der Waals surface area contributed by atoms with E-state index in [0.29, 0.717) is 18.3 Å². The lowest BCUT2D eigenvalue weighted by atomic mass is 9.94. The first-order valence-electron chi connectivity index (χ1n) is 5.26. The topological polar surface area (TPSA) is 64.9 Å². The molecule has 2 rings (SSSR count). The summed E-state index contributed by atoms with van der Waals surface area (Å²) in [6.07, 6.45) is 7.00. The molecule has 0 spiro atoms. The molecule has 0 aromatic carbocycles. The van der Waals surface area contributed by atoms with Crippen LogP contribution in [0.2, 0.25) is 0 Å². The second-order valence-electron chi connectivity index (χ2n) is 3.95. The molecule has 3 heteroatoms. The third kappa shape index (κ3) is 1.60. The van der Waals surface area contributed by atoms with Gasteiger partial charge in [-0.25, -0.2) is 4.98 Å². The van der Waals surface area contributed by atoms with Gasteiger partial charge in [-0.05, 0) is 30.4 Å². The van der Waals surface area contributed by atoms with E-state index in [-0.39, 0.29) is 0 Å². The molecule has 0 bridgehead atoms. The Morgan fingerprint density at radius 2 is 2.07 bits per heavy atom. The van der Waals surface area contributed by atoms with Gasteiger partial charge in [0.25, 0.3) is 0 Å². The molecule has 14 heavy (non-hydrogen) atoms. The standard InChI is InChI=1S/C11H17N3/c12-7-10-9(5-6-14-11(10)13)8-3-1-2-4-8/h5-6,8H,1-4,7,12H2,(H2,13,14). The molecule has 1 fully saturated rings. The summed E-state index contributed by atoms with van der Waals surface area (Å²) in [6, 6.07) is 2.08. The van der Waals surface area contributed by atoms with Crippen LogP contribution in [0.3, 0.4) is 0 Å². The number of hydrogen-bond acceptors (Lipinski definition) is 3. The molecular formula is C11H17N3. The quantitative estimate of drug-likeness (QED) is 0.749. The molecule has 1 heterocycles. The summed E-state index contributed by atoms with van der Waals surface area (Å²) in [4.78, 5) is 4.08. The number of hydrogen-bond donors (Lipinski definition) is 2. The molecular weight excluding hydrogens is 174 g/mol. The van der Waals surface area contributed by atoms with E-state index < -0.39 is 0 Å². The zero-order valence-corrected chi connectivity index (χ0v) is 8.37. The number of aromatic nitrogens is 1. The number of anilines is 1. The minimum Gasteiger partial charge on any atom is -0.383 e. The highest BCUT2D eigenvalue weighted by molar-refractivity contribution is 5.45. The van der Waals surface area contributed by atoms with Crippen LogP contribution in [0.1, 0.15) is 42.7 Å². The summed E-state index contributed by atoms with van der Waals surface area (Å²) in [5, 5.41) is 0. The van der Waals surface area contributed by atoms with Gasteiger partial charge in [0.15, 0.2) is 0 Å². The van der Waals surface area contributed by atoms with Crippen molar-refractivity contribution in [3.05, 3.63) is 23.4 Å². The molecule has 0 saturated heterocycles. The molecule has 0 radical (unpaired) electrons. The zero-order chi connectivity index (χ0) is 9.97. The summed E-state index contributed by atoms with van der Waals surface area (Å²) in [5.74, 6) is 1.27. The van der Waals surface area contributed by atoms with Crippen molar-refractivity contribution in [2.45, 2.75) is 38.1 Å². The summed E-state index contributed by atoms with van der Waals surface area (Å²) in [5.41, 5.74) is 13.9. The van der Waals surface area contributed by atoms with Gasteiger partial charge >= 0.3 is 0 Å². The Kier molecular flexibility index (Phi) is 2.68. The Morgan fingerprint density at radius 1 is 1.36 bits per heavy atom. The van der Waals surface area contributed by atoms with E-state index in [1.165, 1.54) is 31.2 Å². The lowest BCUT2D eigenvalue weighted by Crippen LogP contribution is -2.09. The van der Waals surface area contributed by atoms with Crippen LogP contribution in [-0.4, -0.2) is 4.98 Å². The van der Waals surface area contributed by atoms with Gasteiger partial charge in [-0.15, -0.1) is 0 Å². The van der Waals surface area contributed by atoms with Crippen LogP contribution < -0.4 is 11.5 Å². The molecule has 1 aliphatic rings. The third-order valence-electron chi connectivity index (χ3n) is 3.12. The van der Waals surface area contributed by atoms with E-state index in [0.717, 1.165) is 5.56 Å². The maximum atomic E-state index is 5.81. The molecule has 76 valence electrons. The van der Waals surface area contributed by atoms with Gasteiger partial charge in [-0.2, -0.15) is 0 Å². The normalized spacial score (nSPS) is 17.5. The molecule has 0 unspecified atom stereocenters. The molecule has 3 nitrogen and oxygen atoms in total. The molecule has 0 atom stereocenters. The van der Waals surface area contributed by atoms with E-state index in [1.807, 2.05) is 0 Å². The summed E-state index contributed by atoms with van der Waals surface area (Å²) in [6.45, 7) is 0.505. The lowest BCUT2D eigenvalue weighted by Gasteiger charge is -2.15. The predicted octanol–water partition coefficient (Wildman–Crippen LogP) is 1.78. The third-order valence-corrected chi connectivity index (χ3v) is 3.12. The molecule has 1 aromatic heterocycles. The fourth-order valence-electron chi connectivity index (χ4n) is 2.37.